The standard InChI is InChI=1S/C15H17N3OS/c1-10-9-12(11-5-3-4-6-13(11)17-10)15(19)18(2)8-7-14(16)20/h3-6,9H,7-8H2,1-2H3,(H2,16,20). The van der Waals surface area contributed by atoms with Crippen LogP contribution >= 0.6 is 12.2 Å². The molecule has 0 bridgehead atoms. The van der Waals surface area contributed by atoms with Gasteiger partial charge in [0.05, 0.1) is 16.1 Å². The highest BCUT2D eigenvalue weighted by molar-refractivity contribution is 7.80. The lowest BCUT2D eigenvalue weighted by Gasteiger charge is -2.18. The molecular formula is C15H17N3OS. The van der Waals surface area contributed by atoms with Crippen LogP contribution in [0.15, 0.2) is 30.3 Å². The van der Waals surface area contributed by atoms with Crippen molar-refractivity contribution in [1.82, 2.24) is 9.88 Å². The second kappa shape index (κ2) is 5.96. The summed E-state index contributed by atoms with van der Waals surface area (Å²) in [4.78, 5) is 19.0. The van der Waals surface area contributed by atoms with Crippen molar-refractivity contribution >= 4 is 34.0 Å². The molecule has 2 rings (SSSR count). The average Bonchev–Trinajstić information content (AvgIpc) is 2.42. The van der Waals surface area contributed by atoms with E-state index in [0.29, 0.717) is 23.5 Å². The Morgan fingerprint density at radius 2 is 2.10 bits per heavy atom. The average molecular weight is 287 g/mol. The molecule has 4 nitrogen and oxygen atoms in total. The molecule has 20 heavy (non-hydrogen) atoms. The zero-order valence-electron chi connectivity index (χ0n) is 11.6. The largest absolute Gasteiger partial charge is 0.393 e. The zero-order valence-corrected chi connectivity index (χ0v) is 12.4. The van der Waals surface area contributed by atoms with Crippen molar-refractivity contribution in [2.45, 2.75) is 13.3 Å². The molecule has 0 saturated heterocycles. The van der Waals surface area contributed by atoms with E-state index in [-0.39, 0.29) is 5.91 Å². The molecule has 104 valence electrons. The molecule has 0 aliphatic carbocycles. The third-order valence-electron chi connectivity index (χ3n) is 3.11. The van der Waals surface area contributed by atoms with E-state index >= 15 is 0 Å². The van der Waals surface area contributed by atoms with Crippen LogP contribution in [0.1, 0.15) is 22.5 Å². The van der Waals surface area contributed by atoms with Gasteiger partial charge in [0.1, 0.15) is 0 Å². The van der Waals surface area contributed by atoms with Gasteiger partial charge < -0.3 is 10.6 Å². The van der Waals surface area contributed by atoms with Gasteiger partial charge in [-0.25, -0.2) is 0 Å². The van der Waals surface area contributed by atoms with Crippen LogP contribution in [0.4, 0.5) is 0 Å². The van der Waals surface area contributed by atoms with Gasteiger partial charge in [0, 0.05) is 31.1 Å². The summed E-state index contributed by atoms with van der Waals surface area (Å²) in [5, 5.41) is 0.866. The van der Waals surface area contributed by atoms with Gasteiger partial charge in [-0.05, 0) is 19.1 Å². The fraction of sp³-hybridized carbons (Fsp3) is 0.267. The summed E-state index contributed by atoms with van der Waals surface area (Å²) in [5.41, 5.74) is 7.80. The van der Waals surface area contributed by atoms with Crippen LogP contribution in [0.5, 0.6) is 0 Å². The van der Waals surface area contributed by atoms with Crippen LogP contribution in [-0.2, 0) is 0 Å². The number of para-hydroxylation sites is 1. The fourth-order valence-corrected chi connectivity index (χ4v) is 2.16. The first-order valence-corrected chi connectivity index (χ1v) is 6.80. The van der Waals surface area contributed by atoms with E-state index in [1.807, 2.05) is 37.3 Å². The first-order chi connectivity index (χ1) is 9.49. The number of thiocarbonyl (C=S) groups is 1. The number of carbonyl (C=O) groups is 1. The Bertz CT molecular complexity index is 669. The van der Waals surface area contributed by atoms with E-state index in [1.54, 1.807) is 11.9 Å². The minimum atomic E-state index is -0.0389. The molecule has 0 fully saturated rings. The van der Waals surface area contributed by atoms with Crippen molar-refractivity contribution < 1.29 is 4.79 Å². The topological polar surface area (TPSA) is 59.2 Å². The van der Waals surface area contributed by atoms with Gasteiger partial charge in [0.2, 0.25) is 0 Å². The monoisotopic (exact) mass is 287 g/mol. The van der Waals surface area contributed by atoms with E-state index < -0.39 is 0 Å². The van der Waals surface area contributed by atoms with E-state index in [2.05, 4.69) is 4.98 Å². The van der Waals surface area contributed by atoms with Gasteiger partial charge in [-0.3, -0.25) is 9.78 Å². The van der Waals surface area contributed by atoms with Crippen LogP contribution in [0.2, 0.25) is 0 Å². The molecular weight excluding hydrogens is 270 g/mol. The van der Waals surface area contributed by atoms with E-state index in [1.165, 1.54) is 0 Å². The molecule has 1 aromatic heterocycles. The van der Waals surface area contributed by atoms with E-state index in [9.17, 15) is 4.79 Å². The van der Waals surface area contributed by atoms with Crippen molar-refractivity contribution in [2.75, 3.05) is 13.6 Å². The fourth-order valence-electron chi connectivity index (χ4n) is 2.07. The number of hydrogen-bond donors (Lipinski definition) is 1. The molecule has 0 saturated carbocycles. The van der Waals surface area contributed by atoms with Crippen LogP contribution in [0, 0.1) is 6.92 Å². The molecule has 0 spiro atoms. The minimum Gasteiger partial charge on any atom is -0.393 e. The second-order valence-electron chi connectivity index (χ2n) is 4.77. The van der Waals surface area contributed by atoms with Gasteiger partial charge in [-0.2, -0.15) is 0 Å². The number of amides is 1. The summed E-state index contributed by atoms with van der Waals surface area (Å²) in [5.74, 6) is -0.0389. The maximum atomic E-state index is 12.5. The molecule has 5 heteroatoms. The van der Waals surface area contributed by atoms with Gasteiger partial charge in [0.25, 0.3) is 5.91 Å². The van der Waals surface area contributed by atoms with Gasteiger partial charge in [-0.15, -0.1) is 0 Å². The zero-order chi connectivity index (χ0) is 14.7. The Kier molecular flexibility index (Phi) is 4.29. The summed E-state index contributed by atoms with van der Waals surface area (Å²) in [6.07, 6.45) is 0.527. The first kappa shape index (κ1) is 14.4. The molecule has 2 N–H and O–H groups in total. The highest BCUT2D eigenvalue weighted by Crippen LogP contribution is 2.19. The predicted octanol–water partition coefficient (Wildman–Crippen LogP) is 2.29. The Balaban J connectivity index is 2.36. The molecule has 0 radical (unpaired) electrons. The molecule has 1 aromatic carbocycles. The van der Waals surface area contributed by atoms with Crippen molar-refractivity contribution in [1.29, 1.82) is 0 Å². The number of aryl methyl sites for hydroxylation is 1. The molecule has 0 atom stereocenters. The minimum absolute atomic E-state index is 0.0389. The molecule has 0 aliphatic heterocycles. The summed E-state index contributed by atoms with van der Waals surface area (Å²) >= 11 is 4.84. The van der Waals surface area contributed by atoms with E-state index in [4.69, 9.17) is 18.0 Å². The van der Waals surface area contributed by atoms with Crippen LogP contribution in [0.25, 0.3) is 10.9 Å². The molecule has 0 unspecified atom stereocenters. The number of nitrogens with zero attached hydrogens (tertiary/aromatic N) is 2. The highest BCUT2D eigenvalue weighted by Gasteiger charge is 2.15. The Morgan fingerprint density at radius 1 is 1.40 bits per heavy atom. The smallest absolute Gasteiger partial charge is 0.254 e. The van der Waals surface area contributed by atoms with Gasteiger partial charge in [0.15, 0.2) is 0 Å². The lowest BCUT2D eigenvalue weighted by atomic mass is 10.1. The number of nitrogens with two attached hydrogens (primary N) is 1. The molecule has 0 aliphatic rings. The number of rotatable bonds is 4. The van der Waals surface area contributed by atoms with E-state index in [0.717, 1.165) is 16.6 Å². The maximum Gasteiger partial charge on any atom is 0.254 e. The Hall–Kier alpha value is -2.01. The summed E-state index contributed by atoms with van der Waals surface area (Å²) < 4.78 is 0. The van der Waals surface area contributed by atoms with Gasteiger partial charge >= 0.3 is 0 Å². The normalized spacial score (nSPS) is 10.5. The number of pyridine rings is 1. The number of aromatic nitrogens is 1. The Labute approximate surface area is 123 Å². The lowest BCUT2D eigenvalue weighted by molar-refractivity contribution is 0.0800. The van der Waals surface area contributed by atoms with Crippen LogP contribution in [-0.4, -0.2) is 34.4 Å². The van der Waals surface area contributed by atoms with Crippen LogP contribution < -0.4 is 5.73 Å². The SMILES string of the molecule is Cc1cc(C(=O)N(C)CCC(N)=S)c2ccccc2n1. The van der Waals surface area contributed by atoms with Crippen LogP contribution in [0.3, 0.4) is 0 Å². The van der Waals surface area contributed by atoms with Crippen molar-refractivity contribution in [2.24, 2.45) is 5.73 Å². The summed E-state index contributed by atoms with van der Waals surface area (Å²) in [6, 6.07) is 9.47. The first-order valence-electron chi connectivity index (χ1n) is 6.39. The summed E-state index contributed by atoms with van der Waals surface area (Å²) in [7, 11) is 1.76. The quantitative estimate of drug-likeness (QED) is 0.877. The lowest BCUT2D eigenvalue weighted by Crippen LogP contribution is -2.30. The number of hydrogen-bond acceptors (Lipinski definition) is 3. The van der Waals surface area contributed by atoms with Crippen molar-refractivity contribution in [3.8, 4) is 0 Å². The highest BCUT2D eigenvalue weighted by atomic mass is 32.1. The third kappa shape index (κ3) is 3.11. The predicted molar refractivity (Wildman–Crippen MR) is 84.8 cm³/mol. The maximum absolute atomic E-state index is 12.5. The molecule has 1 heterocycles. The second-order valence-corrected chi connectivity index (χ2v) is 5.30. The number of fused-ring (bicyclic) bond motifs is 1. The van der Waals surface area contributed by atoms with Gasteiger partial charge in [-0.1, -0.05) is 30.4 Å². The summed E-state index contributed by atoms with van der Waals surface area (Å²) in [6.45, 7) is 2.40. The molecule has 1 amide bonds. The Morgan fingerprint density at radius 3 is 2.80 bits per heavy atom. The number of benzene rings is 1. The third-order valence-corrected chi connectivity index (χ3v) is 3.32. The molecule has 2 aromatic rings. The number of carbonyl (C=O) groups excluding carboxylic acids is 1. The van der Waals surface area contributed by atoms with Crippen molar-refractivity contribution in [3.05, 3.63) is 41.6 Å². The van der Waals surface area contributed by atoms with Crippen molar-refractivity contribution in [3.63, 3.8) is 0 Å².